The van der Waals surface area contributed by atoms with E-state index in [1.165, 1.54) is 6.42 Å². The van der Waals surface area contributed by atoms with Gasteiger partial charge in [0.1, 0.15) is 0 Å². The van der Waals surface area contributed by atoms with Crippen LogP contribution in [0, 0.1) is 17.2 Å². The van der Waals surface area contributed by atoms with E-state index in [4.69, 9.17) is 5.26 Å². The molecule has 0 N–H and O–H groups in total. The van der Waals surface area contributed by atoms with Crippen molar-refractivity contribution in [3.63, 3.8) is 0 Å². The van der Waals surface area contributed by atoms with Crippen LogP contribution in [0.5, 0.6) is 0 Å². The van der Waals surface area contributed by atoms with Crippen LogP contribution < -0.4 is 0 Å². The fourth-order valence-electron chi connectivity index (χ4n) is 1.41. The summed E-state index contributed by atoms with van der Waals surface area (Å²) in [6.07, 6.45) is 1.86. The quantitative estimate of drug-likeness (QED) is 0.631. The largest absolute Gasteiger partial charge is 0.300 e. The second-order valence-electron chi connectivity index (χ2n) is 3.81. The van der Waals surface area contributed by atoms with Gasteiger partial charge in [0.05, 0.1) is 12.5 Å². The van der Waals surface area contributed by atoms with Gasteiger partial charge in [-0.2, -0.15) is 5.26 Å². The minimum absolute atomic E-state index is 0.406. The molecule has 0 fully saturated rings. The molecule has 2 unspecified atom stereocenters. The summed E-state index contributed by atoms with van der Waals surface area (Å²) in [5.74, 6) is 0.737. The fraction of sp³-hybridized carbons (Fsp3) is 0.909. The summed E-state index contributed by atoms with van der Waals surface area (Å²) in [7, 11) is 0. The first-order chi connectivity index (χ1) is 6.15. The summed E-state index contributed by atoms with van der Waals surface area (Å²) < 4.78 is 0. The SMILES string of the molecule is CCC(C)CN(CC)C(C)CC#N. The maximum absolute atomic E-state index is 8.60. The van der Waals surface area contributed by atoms with Crippen molar-refractivity contribution in [3.8, 4) is 6.07 Å². The Labute approximate surface area is 82.5 Å². The molecule has 2 atom stereocenters. The van der Waals surface area contributed by atoms with E-state index in [0.29, 0.717) is 12.5 Å². The van der Waals surface area contributed by atoms with Crippen LogP contribution in [-0.2, 0) is 0 Å². The van der Waals surface area contributed by atoms with E-state index in [2.05, 4.69) is 38.7 Å². The number of hydrogen-bond acceptors (Lipinski definition) is 2. The lowest BCUT2D eigenvalue weighted by atomic mass is 10.1. The molecule has 0 radical (unpaired) electrons. The molecular formula is C11H22N2. The highest BCUT2D eigenvalue weighted by molar-refractivity contribution is 4.79. The lowest BCUT2D eigenvalue weighted by molar-refractivity contribution is 0.191. The van der Waals surface area contributed by atoms with Crippen molar-refractivity contribution in [1.29, 1.82) is 5.26 Å². The van der Waals surface area contributed by atoms with Crippen LogP contribution in [0.3, 0.4) is 0 Å². The van der Waals surface area contributed by atoms with Gasteiger partial charge in [0.15, 0.2) is 0 Å². The predicted octanol–water partition coefficient (Wildman–Crippen LogP) is 2.66. The standard InChI is InChI=1S/C11H22N2/c1-5-10(3)9-13(6-2)11(4)7-8-12/h10-11H,5-7,9H2,1-4H3. The van der Waals surface area contributed by atoms with Gasteiger partial charge in [-0.25, -0.2) is 0 Å². The van der Waals surface area contributed by atoms with Crippen LogP contribution in [0.25, 0.3) is 0 Å². The highest BCUT2D eigenvalue weighted by Gasteiger charge is 2.13. The Balaban J connectivity index is 3.95. The number of nitrogens with zero attached hydrogens (tertiary/aromatic N) is 2. The van der Waals surface area contributed by atoms with E-state index in [-0.39, 0.29) is 0 Å². The van der Waals surface area contributed by atoms with Crippen LogP contribution in [0.15, 0.2) is 0 Å². The summed E-state index contributed by atoms with van der Waals surface area (Å²) >= 11 is 0. The van der Waals surface area contributed by atoms with E-state index in [0.717, 1.165) is 19.0 Å². The molecule has 0 aromatic heterocycles. The van der Waals surface area contributed by atoms with Crippen molar-refractivity contribution in [2.45, 2.75) is 46.6 Å². The van der Waals surface area contributed by atoms with Gasteiger partial charge in [-0.1, -0.05) is 27.2 Å². The summed E-state index contributed by atoms with van der Waals surface area (Å²) in [6, 6.07) is 2.64. The molecule has 0 spiro atoms. The molecule has 0 amide bonds. The van der Waals surface area contributed by atoms with Gasteiger partial charge in [0.25, 0.3) is 0 Å². The second kappa shape index (κ2) is 6.91. The first kappa shape index (κ1) is 12.4. The molecule has 0 aliphatic rings. The van der Waals surface area contributed by atoms with Crippen molar-refractivity contribution in [3.05, 3.63) is 0 Å². The minimum atomic E-state index is 0.406. The first-order valence-corrected chi connectivity index (χ1v) is 5.26. The predicted molar refractivity (Wildman–Crippen MR) is 56.4 cm³/mol. The topological polar surface area (TPSA) is 27.0 Å². The minimum Gasteiger partial charge on any atom is -0.300 e. The van der Waals surface area contributed by atoms with E-state index < -0.39 is 0 Å². The molecule has 0 aromatic rings. The molecule has 0 aliphatic carbocycles. The molecule has 76 valence electrons. The van der Waals surface area contributed by atoms with Crippen molar-refractivity contribution < 1.29 is 0 Å². The molecular weight excluding hydrogens is 160 g/mol. The average molecular weight is 182 g/mol. The molecule has 0 aliphatic heterocycles. The van der Waals surface area contributed by atoms with Crippen molar-refractivity contribution in [2.24, 2.45) is 5.92 Å². The third-order valence-corrected chi connectivity index (χ3v) is 2.66. The van der Waals surface area contributed by atoms with Crippen LogP contribution in [0.2, 0.25) is 0 Å². The summed E-state index contributed by atoms with van der Waals surface area (Å²) in [5.41, 5.74) is 0. The van der Waals surface area contributed by atoms with Gasteiger partial charge >= 0.3 is 0 Å². The van der Waals surface area contributed by atoms with Gasteiger partial charge in [-0.15, -0.1) is 0 Å². The van der Waals surface area contributed by atoms with E-state index in [9.17, 15) is 0 Å². The van der Waals surface area contributed by atoms with Gasteiger partial charge < -0.3 is 0 Å². The van der Waals surface area contributed by atoms with Gasteiger partial charge in [0, 0.05) is 12.6 Å². The third kappa shape index (κ3) is 4.90. The zero-order chi connectivity index (χ0) is 10.3. The highest BCUT2D eigenvalue weighted by Crippen LogP contribution is 2.09. The summed E-state index contributed by atoms with van der Waals surface area (Å²) in [6.45, 7) is 10.9. The van der Waals surface area contributed by atoms with E-state index >= 15 is 0 Å². The molecule has 0 aromatic carbocycles. The van der Waals surface area contributed by atoms with Gasteiger partial charge in [0.2, 0.25) is 0 Å². The maximum Gasteiger partial charge on any atom is 0.0638 e. The summed E-state index contributed by atoms with van der Waals surface area (Å²) in [4.78, 5) is 2.39. The molecule has 0 bridgehead atoms. The zero-order valence-corrected chi connectivity index (χ0v) is 9.38. The van der Waals surface area contributed by atoms with Crippen molar-refractivity contribution >= 4 is 0 Å². The van der Waals surface area contributed by atoms with E-state index in [1.807, 2.05) is 0 Å². The lowest BCUT2D eigenvalue weighted by Crippen LogP contribution is -2.36. The Morgan fingerprint density at radius 1 is 1.31 bits per heavy atom. The fourth-order valence-corrected chi connectivity index (χ4v) is 1.41. The Kier molecular flexibility index (Phi) is 6.62. The van der Waals surface area contributed by atoms with Gasteiger partial charge in [-0.05, 0) is 19.4 Å². The van der Waals surface area contributed by atoms with Crippen molar-refractivity contribution in [2.75, 3.05) is 13.1 Å². The monoisotopic (exact) mass is 182 g/mol. The second-order valence-corrected chi connectivity index (χ2v) is 3.81. The van der Waals surface area contributed by atoms with E-state index in [1.54, 1.807) is 0 Å². The summed E-state index contributed by atoms with van der Waals surface area (Å²) in [5, 5.41) is 8.60. The Morgan fingerprint density at radius 3 is 2.31 bits per heavy atom. The third-order valence-electron chi connectivity index (χ3n) is 2.66. The van der Waals surface area contributed by atoms with Crippen molar-refractivity contribution in [1.82, 2.24) is 4.90 Å². The lowest BCUT2D eigenvalue weighted by Gasteiger charge is -2.28. The molecule has 0 heterocycles. The number of nitriles is 1. The van der Waals surface area contributed by atoms with Crippen LogP contribution >= 0.6 is 0 Å². The average Bonchev–Trinajstić information content (AvgIpc) is 2.14. The smallest absolute Gasteiger partial charge is 0.0638 e. The molecule has 0 saturated carbocycles. The zero-order valence-electron chi connectivity index (χ0n) is 9.38. The Bertz CT molecular complexity index is 160. The molecule has 2 heteroatoms. The molecule has 2 nitrogen and oxygen atoms in total. The molecule has 0 saturated heterocycles. The van der Waals surface area contributed by atoms with Crippen LogP contribution in [0.4, 0.5) is 0 Å². The number of rotatable bonds is 6. The van der Waals surface area contributed by atoms with Crippen LogP contribution in [-0.4, -0.2) is 24.0 Å². The first-order valence-electron chi connectivity index (χ1n) is 5.26. The Hall–Kier alpha value is -0.550. The highest BCUT2D eigenvalue weighted by atomic mass is 15.1. The van der Waals surface area contributed by atoms with Crippen LogP contribution in [0.1, 0.15) is 40.5 Å². The maximum atomic E-state index is 8.60. The Morgan fingerprint density at radius 2 is 1.92 bits per heavy atom. The molecule has 0 rings (SSSR count). The molecule has 13 heavy (non-hydrogen) atoms. The normalized spacial score (nSPS) is 15.4. The number of hydrogen-bond donors (Lipinski definition) is 0. The van der Waals surface area contributed by atoms with Gasteiger partial charge in [-0.3, -0.25) is 4.90 Å².